The van der Waals surface area contributed by atoms with E-state index in [0.29, 0.717) is 23.5 Å². The number of aromatic nitrogens is 1. The molecule has 1 fully saturated rings. The molecule has 10 heteroatoms. The van der Waals surface area contributed by atoms with Crippen molar-refractivity contribution in [2.75, 3.05) is 6.54 Å². The molecule has 1 aromatic heterocycles. The van der Waals surface area contributed by atoms with Gasteiger partial charge < -0.3 is 15.1 Å². The van der Waals surface area contributed by atoms with E-state index in [-0.39, 0.29) is 13.0 Å². The minimum atomic E-state index is -5.11. The highest BCUT2D eigenvalue weighted by atomic mass is 32.1. The Morgan fingerprint density at radius 2 is 2.13 bits per heavy atom. The predicted molar refractivity (Wildman–Crippen MR) is 73.8 cm³/mol. The van der Waals surface area contributed by atoms with Crippen LogP contribution in [-0.2, 0) is 15.2 Å². The van der Waals surface area contributed by atoms with Crippen molar-refractivity contribution in [1.29, 1.82) is 0 Å². The second-order valence-corrected chi connectivity index (χ2v) is 6.27. The van der Waals surface area contributed by atoms with Gasteiger partial charge in [-0.1, -0.05) is 0 Å². The van der Waals surface area contributed by atoms with Crippen molar-refractivity contribution in [3.63, 3.8) is 0 Å². The van der Waals surface area contributed by atoms with Gasteiger partial charge >= 0.3 is 12.1 Å². The third-order valence-corrected chi connectivity index (χ3v) is 4.82. The van der Waals surface area contributed by atoms with E-state index in [4.69, 9.17) is 5.11 Å². The molecule has 0 saturated carbocycles. The number of hydrogen-bond donors (Lipinski definition) is 2. The number of hydrogen-bond acceptors (Lipinski definition) is 5. The fourth-order valence-corrected chi connectivity index (χ4v) is 3.40. The summed E-state index contributed by atoms with van der Waals surface area (Å²) in [5, 5.41) is 19.9. The third-order valence-electron chi connectivity index (χ3n) is 3.71. The number of aryl methyl sites for hydroxylation is 1. The van der Waals surface area contributed by atoms with Gasteiger partial charge in [0.1, 0.15) is 11.0 Å². The molecular weight excluding hydrogens is 337 g/mol. The molecule has 0 aliphatic carbocycles. The Kier molecular flexibility index (Phi) is 4.67. The lowest BCUT2D eigenvalue weighted by atomic mass is 9.98. The second kappa shape index (κ2) is 6.08. The Bertz CT molecular complexity index is 619. The van der Waals surface area contributed by atoms with Crippen LogP contribution in [0, 0.1) is 6.92 Å². The molecule has 1 aromatic rings. The summed E-state index contributed by atoms with van der Waals surface area (Å²) in [7, 11) is 0. The zero-order chi connectivity index (χ0) is 17.4. The molecule has 6 nitrogen and oxygen atoms in total. The summed E-state index contributed by atoms with van der Waals surface area (Å²) in [5.74, 6) is -2.32. The fourth-order valence-electron chi connectivity index (χ4n) is 2.48. The summed E-state index contributed by atoms with van der Waals surface area (Å²) in [5.41, 5.74) is -3.13. The number of amides is 1. The highest BCUT2D eigenvalue weighted by Crippen LogP contribution is 2.43. The molecule has 1 saturated heterocycles. The van der Waals surface area contributed by atoms with Gasteiger partial charge in [-0.2, -0.15) is 13.2 Å². The van der Waals surface area contributed by atoms with Crippen molar-refractivity contribution in [2.45, 2.75) is 44.0 Å². The Morgan fingerprint density at radius 3 is 2.61 bits per heavy atom. The average Bonchev–Trinajstić information content (AvgIpc) is 3.05. The van der Waals surface area contributed by atoms with Gasteiger partial charge in [0, 0.05) is 17.6 Å². The lowest BCUT2D eigenvalue weighted by Crippen LogP contribution is -2.49. The van der Waals surface area contributed by atoms with Gasteiger partial charge in [0.05, 0.1) is 6.42 Å². The SMILES string of the molecule is Cc1csc(C(O)(CC(=O)N2CCC[C@@H]2C(=O)O)C(F)(F)F)n1. The number of thiazole rings is 1. The first kappa shape index (κ1) is 17.7. The number of aliphatic hydroxyl groups is 1. The highest BCUT2D eigenvalue weighted by molar-refractivity contribution is 7.09. The van der Waals surface area contributed by atoms with E-state index in [2.05, 4.69) is 4.98 Å². The van der Waals surface area contributed by atoms with E-state index in [1.165, 1.54) is 12.3 Å². The normalized spacial score (nSPS) is 21.3. The average molecular weight is 352 g/mol. The van der Waals surface area contributed by atoms with Crippen molar-refractivity contribution in [1.82, 2.24) is 9.88 Å². The van der Waals surface area contributed by atoms with Gasteiger partial charge in [0.25, 0.3) is 0 Å². The second-order valence-electron chi connectivity index (χ2n) is 5.41. The van der Waals surface area contributed by atoms with E-state index in [9.17, 15) is 27.9 Å². The Labute approximate surface area is 133 Å². The smallest absolute Gasteiger partial charge is 0.424 e. The molecule has 0 spiro atoms. The van der Waals surface area contributed by atoms with Crippen molar-refractivity contribution in [3.05, 3.63) is 16.1 Å². The number of rotatable bonds is 4. The molecule has 1 aliphatic heterocycles. The zero-order valence-corrected chi connectivity index (χ0v) is 12.9. The summed E-state index contributed by atoms with van der Waals surface area (Å²) < 4.78 is 40.0. The van der Waals surface area contributed by atoms with Crippen LogP contribution in [0.5, 0.6) is 0 Å². The first-order chi connectivity index (χ1) is 10.6. The van der Waals surface area contributed by atoms with Crippen LogP contribution in [-0.4, -0.2) is 50.7 Å². The van der Waals surface area contributed by atoms with Crippen LogP contribution < -0.4 is 0 Å². The summed E-state index contributed by atoms with van der Waals surface area (Å²) in [6, 6.07) is -1.15. The van der Waals surface area contributed by atoms with Crippen LogP contribution in [0.25, 0.3) is 0 Å². The molecule has 0 bridgehead atoms. The Balaban J connectivity index is 2.28. The summed E-state index contributed by atoms with van der Waals surface area (Å²) >= 11 is 0.607. The molecule has 1 aliphatic rings. The maximum absolute atomic E-state index is 13.3. The van der Waals surface area contributed by atoms with E-state index in [1.54, 1.807) is 0 Å². The van der Waals surface area contributed by atoms with Crippen molar-refractivity contribution in [2.24, 2.45) is 0 Å². The van der Waals surface area contributed by atoms with Gasteiger partial charge in [0.2, 0.25) is 11.5 Å². The first-order valence-corrected chi connectivity index (χ1v) is 7.68. The lowest BCUT2D eigenvalue weighted by Gasteiger charge is -2.30. The molecular formula is C13H15F3N2O4S. The van der Waals surface area contributed by atoms with Gasteiger partial charge in [-0.15, -0.1) is 11.3 Å². The van der Waals surface area contributed by atoms with Crippen LogP contribution in [0.1, 0.15) is 30.0 Å². The van der Waals surface area contributed by atoms with Gasteiger partial charge in [0.15, 0.2) is 0 Å². The molecule has 128 valence electrons. The summed E-state index contributed by atoms with van der Waals surface area (Å²) in [6.45, 7) is 1.53. The zero-order valence-electron chi connectivity index (χ0n) is 12.1. The monoisotopic (exact) mass is 352 g/mol. The molecule has 0 radical (unpaired) electrons. The molecule has 1 amide bonds. The summed E-state index contributed by atoms with van der Waals surface area (Å²) in [6.07, 6.45) is -5.82. The minimum absolute atomic E-state index is 0.0562. The van der Waals surface area contributed by atoms with Crippen molar-refractivity contribution >= 4 is 23.2 Å². The molecule has 2 atom stereocenters. The Hall–Kier alpha value is -1.68. The molecule has 0 aromatic carbocycles. The van der Waals surface area contributed by atoms with Crippen LogP contribution >= 0.6 is 11.3 Å². The van der Waals surface area contributed by atoms with E-state index < -0.39 is 41.1 Å². The number of carboxylic acid groups (broad SMARTS) is 1. The number of alkyl halides is 3. The number of nitrogens with zero attached hydrogens (tertiary/aromatic N) is 2. The molecule has 23 heavy (non-hydrogen) atoms. The minimum Gasteiger partial charge on any atom is -0.480 e. The van der Waals surface area contributed by atoms with Crippen LogP contribution in [0.3, 0.4) is 0 Å². The fraction of sp³-hybridized carbons (Fsp3) is 0.615. The van der Waals surface area contributed by atoms with Crippen LogP contribution in [0.4, 0.5) is 13.2 Å². The van der Waals surface area contributed by atoms with E-state index in [0.717, 1.165) is 4.90 Å². The summed E-state index contributed by atoms with van der Waals surface area (Å²) in [4.78, 5) is 27.8. The quantitative estimate of drug-likeness (QED) is 0.860. The Morgan fingerprint density at radius 1 is 1.48 bits per heavy atom. The number of likely N-dealkylation sites (tertiary alicyclic amines) is 1. The number of carboxylic acids is 1. The highest BCUT2D eigenvalue weighted by Gasteiger charge is 2.59. The molecule has 1 unspecified atom stereocenters. The van der Waals surface area contributed by atoms with E-state index >= 15 is 0 Å². The predicted octanol–water partition coefficient (Wildman–Crippen LogP) is 1.67. The number of halogens is 3. The maximum atomic E-state index is 13.3. The molecule has 2 rings (SSSR count). The molecule has 2 heterocycles. The van der Waals surface area contributed by atoms with E-state index in [1.807, 2.05) is 0 Å². The van der Waals surface area contributed by atoms with Crippen molar-refractivity contribution < 1.29 is 33.0 Å². The van der Waals surface area contributed by atoms with Crippen LogP contribution in [0.15, 0.2) is 5.38 Å². The van der Waals surface area contributed by atoms with Gasteiger partial charge in [-0.3, -0.25) is 4.79 Å². The number of carbonyl (C=O) groups excluding carboxylic acids is 1. The van der Waals surface area contributed by atoms with Gasteiger partial charge in [-0.05, 0) is 19.8 Å². The largest absolute Gasteiger partial charge is 0.480 e. The topological polar surface area (TPSA) is 90.7 Å². The molecule has 2 N–H and O–H groups in total. The third kappa shape index (κ3) is 3.32. The maximum Gasteiger partial charge on any atom is 0.424 e. The number of aliphatic carboxylic acids is 1. The van der Waals surface area contributed by atoms with Crippen molar-refractivity contribution in [3.8, 4) is 0 Å². The lowest BCUT2D eigenvalue weighted by molar-refractivity contribution is -0.268. The first-order valence-electron chi connectivity index (χ1n) is 6.80. The van der Waals surface area contributed by atoms with Gasteiger partial charge in [-0.25, -0.2) is 9.78 Å². The van der Waals surface area contributed by atoms with Crippen LogP contribution in [0.2, 0.25) is 0 Å². The standard InChI is InChI=1S/C13H15F3N2O4S/c1-7-6-23-11(17-7)12(22,13(14,15)16)5-9(19)18-4-2-3-8(18)10(20)21/h6,8,22H,2-5H2,1H3,(H,20,21)/t8-,12?/m1/s1. The number of carbonyl (C=O) groups is 2.